The van der Waals surface area contributed by atoms with E-state index in [1.807, 2.05) is 24.3 Å². The Morgan fingerprint density at radius 2 is 1.89 bits per heavy atom. The van der Waals surface area contributed by atoms with Gasteiger partial charge in [-0.05, 0) is 36.4 Å². The van der Waals surface area contributed by atoms with Gasteiger partial charge in [0.05, 0.1) is 12.1 Å². The minimum atomic E-state index is -0.203. The van der Waals surface area contributed by atoms with Gasteiger partial charge in [-0.25, -0.2) is 0 Å². The van der Waals surface area contributed by atoms with Crippen molar-refractivity contribution in [1.29, 1.82) is 0 Å². The van der Waals surface area contributed by atoms with Gasteiger partial charge in [0.25, 0.3) is 0 Å². The van der Waals surface area contributed by atoms with Gasteiger partial charge in [-0.2, -0.15) is 5.10 Å². The molecule has 0 aliphatic carbocycles. The highest BCUT2D eigenvalue weighted by Gasteiger charge is 2.34. The predicted octanol–water partition coefficient (Wildman–Crippen LogP) is 3.01. The van der Waals surface area contributed by atoms with E-state index in [9.17, 15) is 9.59 Å². The molecule has 7 nitrogen and oxygen atoms in total. The second-order valence-electron chi connectivity index (χ2n) is 6.50. The van der Waals surface area contributed by atoms with Crippen LogP contribution in [0, 0.1) is 5.92 Å². The summed E-state index contributed by atoms with van der Waals surface area (Å²) >= 11 is 0. The van der Waals surface area contributed by atoms with Gasteiger partial charge in [-0.1, -0.05) is 24.8 Å². The van der Waals surface area contributed by atoms with Crippen molar-refractivity contribution < 1.29 is 14.3 Å². The zero-order valence-electron chi connectivity index (χ0n) is 15.0. The van der Waals surface area contributed by atoms with Crippen LogP contribution in [0.3, 0.4) is 0 Å². The number of hydrogen-bond acceptors (Lipinski definition) is 5. The average molecular weight is 374 g/mol. The molecule has 1 aliphatic rings. The second kappa shape index (κ2) is 7.48. The summed E-state index contributed by atoms with van der Waals surface area (Å²) in [6.45, 7) is 4.27. The summed E-state index contributed by atoms with van der Waals surface area (Å²) in [5.41, 5.74) is 0.662. The standard InChI is InChI=1S/C21H18N4O3/c1-2-19(26)25-12-15(13-25)20(27)23-16-7-9-17(10-8-16)28-21-18-6-4-3-5-14(18)11-22-24-21/h2-11,15H,1,12-13H2,(H,23,27). The van der Waals surface area contributed by atoms with Gasteiger partial charge in [-0.3, -0.25) is 9.59 Å². The van der Waals surface area contributed by atoms with Crippen molar-refractivity contribution in [2.24, 2.45) is 5.92 Å². The van der Waals surface area contributed by atoms with Gasteiger partial charge in [0, 0.05) is 29.5 Å². The molecule has 0 radical (unpaired) electrons. The highest BCUT2D eigenvalue weighted by molar-refractivity contribution is 5.96. The molecule has 1 fully saturated rings. The van der Waals surface area contributed by atoms with E-state index in [-0.39, 0.29) is 17.7 Å². The summed E-state index contributed by atoms with van der Waals surface area (Å²) in [4.78, 5) is 25.3. The van der Waals surface area contributed by atoms with E-state index in [4.69, 9.17) is 4.74 Å². The molecule has 1 N–H and O–H groups in total. The van der Waals surface area contributed by atoms with E-state index in [1.165, 1.54) is 6.08 Å². The van der Waals surface area contributed by atoms with Gasteiger partial charge in [0.2, 0.25) is 17.7 Å². The molecule has 1 aromatic heterocycles. The first kappa shape index (κ1) is 17.7. The molecule has 0 spiro atoms. The number of carbonyl (C=O) groups is 2. The number of nitrogens with zero attached hydrogens (tertiary/aromatic N) is 3. The zero-order valence-corrected chi connectivity index (χ0v) is 15.0. The third kappa shape index (κ3) is 3.55. The first-order chi connectivity index (χ1) is 13.6. The highest BCUT2D eigenvalue weighted by atomic mass is 16.5. The van der Waals surface area contributed by atoms with Crippen LogP contribution in [0.1, 0.15) is 0 Å². The third-order valence-electron chi connectivity index (χ3n) is 4.61. The highest BCUT2D eigenvalue weighted by Crippen LogP contribution is 2.27. The number of carbonyl (C=O) groups excluding carboxylic acids is 2. The molecule has 1 aliphatic heterocycles. The maximum Gasteiger partial charge on any atom is 0.246 e. The van der Waals surface area contributed by atoms with Crippen molar-refractivity contribution in [3.05, 3.63) is 67.4 Å². The average Bonchev–Trinajstić information content (AvgIpc) is 2.68. The smallest absolute Gasteiger partial charge is 0.246 e. The number of anilines is 1. The molecular weight excluding hydrogens is 356 g/mol. The van der Waals surface area contributed by atoms with E-state index < -0.39 is 0 Å². The number of benzene rings is 2. The summed E-state index contributed by atoms with van der Waals surface area (Å²) in [6.07, 6.45) is 2.94. The summed E-state index contributed by atoms with van der Waals surface area (Å²) in [5, 5.41) is 12.7. The topological polar surface area (TPSA) is 84.4 Å². The summed E-state index contributed by atoms with van der Waals surface area (Å²) in [5.74, 6) is 0.556. The number of fused-ring (bicyclic) bond motifs is 1. The third-order valence-corrected chi connectivity index (χ3v) is 4.61. The van der Waals surface area contributed by atoms with Gasteiger partial charge in [0.15, 0.2) is 0 Å². The van der Waals surface area contributed by atoms with E-state index in [0.717, 1.165) is 10.8 Å². The molecule has 0 atom stereocenters. The largest absolute Gasteiger partial charge is 0.437 e. The molecule has 2 aromatic carbocycles. The number of aromatic nitrogens is 2. The van der Waals surface area contributed by atoms with E-state index in [2.05, 4.69) is 22.1 Å². The van der Waals surface area contributed by atoms with Gasteiger partial charge in [-0.15, -0.1) is 5.10 Å². The maximum atomic E-state index is 12.2. The fraction of sp³-hybridized carbons (Fsp3) is 0.143. The number of nitrogens with one attached hydrogen (secondary N) is 1. The predicted molar refractivity (Wildman–Crippen MR) is 105 cm³/mol. The number of ether oxygens (including phenoxy) is 1. The van der Waals surface area contributed by atoms with Crippen LogP contribution in [0.4, 0.5) is 5.69 Å². The summed E-state index contributed by atoms with van der Waals surface area (Å²) in [7, 11) is 0. The Morgan fingerprint density at radius 1 is 1.14 bits per heavy atom. The van der Waals surface area contributed by atoms with Gasteiger partial charge < -0.3 is 15.0 Å². The Hall–Kier alpha value is -3.74. The fourth-order valence-electron chi connectivity index (χ4n) is 2.99. The maximum absolute atomic E-state index is 12.2. The van der Waals surface area contributed by atoms with Crippen LogP contribution >= 0.6 is 0 Å². The molecule has 2 heterocycles. The zero-order chi connectivity index (χ0) is 19.5. The molecule has 2 amide bonds. The first-order valence-corrected chi connectivity index (χ1v) is 8.84. The van der Waals surface area contributed by atoms with Crippen LogP contribution in [0.2, 0.25) is 0 Å². The summed E-state index contributed by atoms with van der Waals surface area (Å²) in [6, 6.07) is 14.8. The van der Waals surface area contributed by atoms with Crippen LogP contribution in [0.25, 0.3) is 10.8 Å². The second-order valence-corrected chi connectivity index (χ2v) is 6.50. The number of rotatable bonds is 5. The van der Waals surface area contributed by atoms with Crippen molar-refractivity contribution in [3.8, 4) is 11.6 Å². The van der Waals surface area contributed by atoms with Crippen LogP contribution in [-0.2, 0) is 9.59 Å². The minimum absolute atomic E-state index is 0.110. The number of likely N-dealkylation sites (tertiary alicyclic amines) is 1. The van der Waals surface area contributed by atoms with Crippen molar-refractivity contribution in [3.63, 3.8) is 0 Å². The Morgan fingerprint density at radius 3 is 2.64 bits per heavy atom. The van der Waals surface area contributed by atoms with E-state index in [1.54, 1.807) is 35.4 Å². The lowest BCUT2D eigenvalue weighted by molar-refractivity contribution is -0.137. The Kier molecular flexibility index (Phi) is 4.72. The SMILES string of the molecule is C=CC(=O)N1CC(C(=O)Nc2ccc(Oc3nncc4ccccc34)cc2)C1. The van der Waals surface area contributed by atoms with Crippen LogP contribution in [0.15, 0.2) is 67.4 Å². The molecule has 28 heavy (non-hydrogen) atoms. The minimum Gasteiger partial charge on any atom is -0.437 e. The van der Waals surface area contributed by atoms with E-state index in [0.29, 0.717) is 30.4 Å². The van der Waals surface area contributed by atoms with Crippen molar-refractivity contribution in [1.82, 2.24) is 15.1 Å². The van der Waals surface area contributed by atoms with Crippen molar-refractivity contribution in [2.45, 2.75) is 0 Å². The van der Waals surface area contributed by atoms with Gasteiger partial charge in [0.1, 0.15) is 5.75 Å². The first-order valence-electron chi connectivity index (χ1n) is 8.84. The lowest BCUT2D eigenvalue weighted by Crippen LogP contribution is -2.53. The lowest BCUT2D eigenvalue weighted by atomic mass is 9.99. The Bertz CT molecular complexity index is 1040. The van der Waals surface area contributed by atoms with Crippen LogP contribution in [0.5, 0.6) is 11.6 Å². The van der Waals surface area contributed by atoms with Crippen molar-refractivity contribution in [2.75, 3.05) is 18.4 Å². The molecule has 0 bridgehead atoms. The molecule has 1 saturated heterocycles. The summed E-state index contributed by atoms with van der Waals surface area (Å²) < 4.78 is 5.84. The molecular formula is C21H18N4O3. The van der Waals surface area contributed by atoms with Gasteiger partial charge >= 0.3 is 0 Å². The molecule has 140 valence electrons. The fourth-order valence-corrected chi connectivity index (χ4v) is 2.99. The molecule has 0 saturated carbocycles. The van der Waals surface area contributed by atoms with Crippen LogP contribution < -0.4 is 10.1 Å². The van der Waals surface area contributed by atoms with Crippen LogP contribution in [-0.4, -0.2) is 40.0 Å². The van der Waals surface area contributed by atoms with E-state index >= 15 is 0 Å². The quantitative estimate of drug-likeness (QED) is 0.694. The Balaban J connectivity index is 1.38. The number of hydrogen-bond donors (Lipinski definition) is 1. The monoisotopic (exact) mass is 374 g/mol. The molecule has 7 heteroatoms. The molecule has 4 rings (SSSR count). The van der Waals surface area contributed by atoms with Crippen molar-refractivity contribution >= 4 is 28.3 Å². The Labute approximate surface area is 161 Å². The molecule has 0 unspecified atom stereocenters. The lowest BCUT2D eigenvalue weighted by Gasteiger charge is -2.37. The number of amides is 2. The molecule has 3 aromatic rings. The normalized spacial score (nSPS) is 13.6.